The van der Waals surface area contributed by atoms with Crippen LogP contribution in [0.2, 0.25) is 0 Å². The van der Waals surface area contributed by atoms with Crippen molar-refractivity contribution in [2.75, 3.05) is 26.8 Å². The molecule has 1 saturated heterocycles. The molecule has 0 bridgehead atoms. The number of carbonyl (C=O) groups is 1. The Bertz CT molecular complexity index is 1270. The van der Waals surface area contributed by atoms with Crippen molar-refractivity contribution < 1.29 is 17.9 Å². The number of methoxy groups -OCH3 is 1. The Morgan fingerprint density at radius 3 is 2.50 bits per heavy atom. The van der Waals surface area contributed by atoms with Crippen LogP contribution < -0.4 is 4.80 Å². The zero-order valence-electron chi connectivity index (χ0n) is 18.2. The summed E-state index contributed by atoms with van der Waals surface area (Å²) in [5, 5.41) is 0. The molecule has 0 atom stereocenters. The number of hydrogen-bond acceptors (Lipinski definition) is 5. The van der Waals surface area contributed by atoms with Crippen LogP contribution in [0.3, 0.4) is 0 Å². The van der Waals surface area contributed by atoms with Crippen LogP contribution in [-0.2, 0) is 26.1 Å². The van der Waals surface area contributed by atoms with Crippen LogP contribution in [0.4, 0.5) is 0 Å². The topological polar surface area (TPSA) is 81.0 Å². The number of para-hydroxylation sites is 1. The quantitative estimate of drug-likeness (QED) is 0.551. The fourth-order valence-corrected chi connectivity index (χ4v) is 6.42. The van der Waals surface area contributed by atoms with Crippen molar-refractivity contribution in [2.24, 2.45) is 10.9 Å². The maximum Gasteiger partial charge on any atom is 0.251 e. The molecule has 0 aliphatic carbocycles. The summed E-state index contributed by atoms with van der Waals surface area (Å²) in [5.41, 5.74) is 2.04. The van der Waals surface area contributed by atoms with Crippen LogP contribution in [0.15, 0.2) is 58.4 Å². The van der Waals surface area contributed by atoms with Gasteiger partial charge in [-0.3, -0.25) is 4.79 Å². The highest BCUT2D eigenvalue weighted by atomic mass is 32.2. The first-order chi connectivity index (χ1) is 15.4. The highest BCUT2D eigenvalue weighted by Crippen LogP contribution is 2.25. The van der Waals surface area contributed by atoms with E-state index in [-0.39, 0.29) is 11.8 Å². The monoisotopic (exact) mass is 473 g/mol. The molecule has 0 saturated carbocycles. The number of nitrogens with zero attached hydrogens (tertiary/aromatic N) is 3. The van der Waals surface area contributed by atoms with Crippen molar-refractivity contribution in [1.82, 2.24) is 8.87 Å². The standard InChI is InChI=1S/C23H27N3O4S2/c1-17-7-9-19(10-8-17)32(28,29)25-13-11-18(12-14-25)22(27)24-23-26(15-16-30-2)20-5-3-4-6-21(20)31-23/h3-10,18H,11-16H2,1-2H3. The summed E-state index contributed by atoms with van der Waals surface area (Å²) in [6.45, 7) is 3.69. The second kappa shape index (κ2) is 9.66. The third kappa shape index (κ3) is 4.71. The predicted molar refractivity (Wildman–Crippen MR) is 125 cm³/mol. The highest BCUT2D eigenvalue weighted by Gasteiger charge is 2.32. The Labute approximate surface area is 192 Å². The summed E-state index contributed by atoms with van der Waals surface area (Å²) < 4.78 is 35.6. The van der Waals surface area contributed by atoms with Crippen LogP contribution >= 0.6 is 11.3 Å². The summed E-state index contributed by atoms with van der Waals surface area (Å²) in [6, 6.07) is 14.8. The van der Waals surface area contributed by atoms with Gasteiger partial charge in [-0.2, -0.15) is 9.30 Å². The predicted octanol–water partition coefficient (Wildman–Crippen LogP) is 3.19. The van der Waals surface area contributed by atoms with Gasteiger partial charge >= 0.3 is 0 Å². The van der Waals surface area contributed by atoms with Crippen molar-refractivity contribution in [3.8, 4) is 0 Å². The van der Waals surface area contributed by atoms with Gasteiger partial charge in [-0.1, -0.05) is 41.2 Å². The number of fused-ring (bicyclic) bond motifs is 1. The molecule has 2 aromatic carbocycles. The van der Waals surface area contributed by atoms with Crippen molar-refractivity contribution in [2.45, 2.75) is 31.2 Å². The Hall–Kier alpha value is -2.33. The van der Waals surface area contributed by atoms with Crippen LogP contribution in [0.25, 0.3) is 10.2 Å². The van der Waals surface area contributed by atoms with Crippen molar-refractivity contribution in [1.29, 1.82) is 0 Å². The molecule has 1 amide bonds. The number of benzene rings is 2. The summed E-state index contributed by atoms with van der Waals surface area (Å²) in [6.07, 6.45) is 0.937. The van der Waals surface area contributed by atoms with E-state index in [1.807, 2.05) is 35.8 Å². The number of amides is 1. The van der Waals surface area contributed by atoms with Gasteiger partial charge in [0.15, 0.2) is 4.80 Å². The molecule has 32 heavy (non-hydrogen) atoms. The minimum atomic E-state index is -3.55. The molecular weight excluding hydrogens is 446 g/mol. The van der Waals surface area contributed by atoms with E-state index in [2.05, 4.69) is 4.99 Å². The van der Waals surface area contributed by atoms with Crippen LogP contribution in [0.5, 0.6) is 0 Å². The van der Waals surface area contributed by atoms with Gasteiger partial charge < -0.3 is 9.30 Å². The number of thiazole rings is 1. The third-order valence-electron chi connectivity index (χ3n) is 5.77. The largest absolute Gasteiger partial charge is 0.383 e. The number of aryl methyl sites for hydroxylation is 1. The lowest BCUT2D eigenvalue weighted by atomic mass is 9.98. The Balaban J connectivity index is 1.50. The van der Waals surface area contributed by atoms with Crippen LogP contribution in [-0.4, -0.2) is 50.0 Å². The van der Waals surface area contributed by atoms with Gasteiger partial charge in [0.05, 0.1) is 21.7 Å². The fourth-order valence-electron chi connectivity index (χ4n) is 3.89. The lowest BCUT2D eigenvalue weighted by Gasteiger charge is -2.29. The van der Waals surface area contributed by atoms with E-state index in [0.717, 1.165) is 15.8 Å². The van der Waals surface area contributed by atoms with Crippen molar-refractivity contribution in [3.63, 3.8) is 0 Å². The molecule has 0 N–H and O–H groups in total. The molecule has 3 aromatic rings. The average molecular weight is 474 g/mol. The third-order valence-corrected chi connectivity index (χ3v) is 8.75. The van der Waals surface area contributed by atoms with E-state index in [1.54, 1.807) is 31.4 Å². The molecule has 0 spiro atoms. The molecule has 170 valence electrons. The maximum atomic E-state index is 13.0. The second-order valence-electron chi connectivity index (χ2n) is 7.94. The molecule has 0 radical (unpaired) electrons. The minimum absolute atomic E-state index is 0.185. The fraction of sp³-hybridized carbons (Fsp3) is 0.391. The SMILES string of the molecule is COCCn1c(=NC(=O)C2CCN(S(=O)(=O)c3ccc(C)cc3)CC2)sc2ccccc21. The minimum Gasteiger partial charge on any atom is -0.383 e. The smallest absolute Gasteiger partial charge is 0.251 e. The zero-order chi connectivity index (χ0) is 22.7. The van der Waals surface area contributed by atoms with E-state index >= 15 is 0 Å². The number of piperidine rings is 1. The first-order valence-corrected chi connectivity index (χ1v) is 12.9. The van der Waals surface area contributed by atoms with E-state index in [0.29, 0.717) is 48.8 Å². The van der Waals surface area contributed by atoms with Crippen LogP contribution in [0.1, 0.15) is 18.4 Å². The van der Waals surface area contributed by atoms with Gasteiger partial charge in [0, 0.05) is 32.7 Å². The molecule has 7 nitrogen and oxygen atoms in total. The summed E-state index contributed by atoms with van der Waals surface area (Å²) in [7, 11) is -1.90. The molecule has 1 fully saturated rings. The molecule has 1 aliphatic rings. The summed E-state index contributed by atoms with van der Waals surface area (Å²) in [5.74, 6) is -0.462. The Morgan fingerprint density at radius 2 is 1.81 bits per heavy atom. The van der Waals surface area contributed by atoms with Gasteiger partial charge in [-0.15, -0.1) is 0 Å². The van der Waals surface area contributed by atoms with E-state index in [1.165, 1.54) is 15.6 Å². The van der Waals surface area contributed by atoms with Crippen LogP contribution in [0, 0.1) is 12.8 Å². The average Bonchev–Trinajstić information content (AvgIpc) is 3.14. The molecule has 0 unspecified atom stereocenters. The molecule has 2 heterocycles. The van der Waals surface area contributed by atoms with Gasteiger partial charge in [-0.25, -0.2) is 8.42 Å². The molecule has 4 rings (SSSR count). The number of ether oxygens (including phenoxy) is 1. The molecule has 9 heteroatoms. The maximum absolute atomic E-state index is 13.0. The molecule has 1 aromatic heterocycles. The number of rotatable bonds is 6. The number of aromatic nitrogens is 1. The normalized spacial score (nSPS) is 16.6. The van der Waals surface area contributed by atoms with Gasteiger partial charge in [0.25, 0.3) is 5.91 Å². The number of carbonyl (C=O) groups excluding carboxylic acids is 1. The first-order valence-electron chi connectivity index (χ1n) is 10.6. The Kier molecular flexibility index (Phi) is 6.90. The van der Waals surface area contributed by atoms with Gasteiger partial charge in [0.2, 0.25) is 10.0 Å². The summed E-state index contributed by atoms with van der Waals surface area (Å²) >= 11 is 1.48. The highest BCUT2D eigenvalue weighted by molar-refractivity contribution is 7.89. The lowest BCUT2D eigenvalue weighted by molar-refractivity contribution is -0.122. The Morgan fingerprint density at radius 1 is 1.12 bits per heavy atom. The zero-order valence-corrected chi connectivity index (χ0v) is 19.9. The van der Waals surface area contributed by atoms with E-state index in [9.17, 15) is 13.2 Å². The second-order valence-corrected chi connectivity index (χ2v) is 10.9. The van der Waals surface area contributed by atoms with E-state index in [4.69, 9.17) is 4.74 Å². The van der Waals surface area contributed by atoms with Gasteiger partial charge in [-0.05, 0) is 44.0 Å². The lowest BCUT2D eigenvalue weighted by Crippen LogP contribution is -2.40. The number of hydrogen-bond donors (Lipinski definition) is 0. The first kappa shape index (κ1) is 22.8. The molecule has 1 aliphatic heterocycles. The van der Waals surface area contributed by atoms with Gasteiger partial charge in [0.1, 0.15) is 0 Å². The van der Waals surface area contributed by atoms with Crippen molar-refractivity contribution >= 4 is 37.5 Å². The molecular formula is C23H27N3O4S2. The van der Waals surface area contributed by atoms with Crippen molar-refractivity contribution in [3.05, 3.63) is 58.9 Å². The van der Waals surface area contributed by atoms with E-state index < -0.39 is 10.0 Å². The summed E-state index contributed by atoms with van der Waals surface area (Å²) in [4.78, 5) is 18.4. The number of sulfonamides is 1.